The van der Waals surface area contributed by atoms with E-state index in [1.807, 2.05) is 31.2 Å². The summed E-state index contributed by atoms with van der Waals surface area (Å²) in [5.41, 5.74) is 2.38. The van der Waals surface area contributed by atoms with E-state index in [4.69, 9.17) is 14.2 Å². The number of hydrogen-bond acceptors (Lipinski definition) is 7. The average molecular weight is 479 g/mol. The Morgan fingerprint density at radius 3 is 2.40 bits per heavy atom. The Morgan fingerprint density at radius 2 is 1.66 bits per heavy atom. The molecule has 8 heteroatoms. The van der Waals surface area contributed by atoms with E-state index >= 15 is 0 Å². The molecule has 8 nitrogen and oxygen atoms in total. The van der Waals surface area contributed by atoms with Gasteiger partial charge >= 0.3 is 0 Å². The maximum Gasteiger partial charge on any atom is 0.295 e. The molecule has 0 aromatic heterocycles. The summed E-state index contributed by atoms with van der Waals surface area (Å²) in [6, 6.07) is 12.1. The Labute approximate surface area is 204 Å². The molecule has 0 aliphatic carbocycles. The first kappa shape index (κ1) is 23.4. The summed E-state index contributed by atoms with van der Waals surface area (Å²) in [7, 11) is 0. The number of aliphatic hydroxyl groups is 1. The zero-order chi connectivity index (χ0) is 24.4. The van der Waals surface area contributed by atoms with Crippen molar-refractivity contribution in [1.29, 1.82) is 0 Å². The third-order valence-corrected chi connectivity index (χ3v) is 6.73. The summed E-state index contributed by atoms with van der Waals surface area (Å²) in [4.78, 5) is 30.3. The van der Waals surface area contributed by atoms with E-state index < -0.39 is 17.7 Å². The van der Waals surface area contributed by atoms with Gasteiger partial charge in [0.25, 0.3) is 11.7 Å². The second kappa shape index (κ2) is 10.1. The van der Waals surface area contributed by atoms with Gasteiger partial charge in [0.1, 0.15) is 19.0 Å². The van der Waals surface area contributed by atoms with Crippen LogP contribution in [-0.2, 0) is 14.3 Å². The Bertz CT molecular complexity index is 1140. The van der Waals surface area contributed by atoms with Crippen molar-refractivity contribution in [3.8, 4) is 11.5 Å². The summed E-state index contributed by atoms with van der Waals surface area (Å²) < 4.78 is 16.6. The van der Waals surface area contributed by atoms with E-state index in [9.17, 15) is 14.7 Å². The molecule has 1 N–H and O–H groups in total. The van der Waals surface area contributed by atoms with Gasteiger partial charge in [-0.05, 0) is 37.1 Å². The normalized spacial score (nSPS) is 22.0. The number of likely N-dealkylation sites (tertiary alicyclic amines) is 1. The van der Waals surface area contributed by atoms with Gasteiger partial charge in [-0.25, -0.2) is 0 Å². The highest BCUT2D eigenvalue weighted by atomic mass is 16.6. The van der Waals surface area contributed by atoms with E-state index in [2.05, 4.69) is 4.90 Å². The van der Waals surface area contributed by atoms with Gasteiger partial charge < -0.3 is 24.2 Å². The van der Waals surface area contributed by atoms with Gasteiger partial charge in [0, 0.05) is 31.7 Å². The fourth-order valence-electron chi connectivity index (χ4n) is 4.84. The number of amides is 1. The molecule has 5 rings (SSSR count). The largest absolute Gasteiger partial charge is 0.507 e. The lowest BCUT2D eigenvalue weighted by Crippen LogP contribution is -2.38. The SMILES string of the molecule is Cc1ccc([C@H]2/C(=C(\O)c3ccc4c(c3)OCCO4)C(=O)C(=O)N2CCCN2CCOCC2)cc1. The second-order valence-electron chi connectivity index (χ2n) is 9.07. The van der Waals surface area contributed by atoms with E-state index in [0.717, 1.165) is 37.2 Å². The Hall–Kier alpha value is -3.36. The second-order valence-corrected chi connectivity index (χ2v) is 9.07. The highest BCUT2D eigenvalue weighted by Crippen LogP contribution is 2.41. The maximum atomic E-state index is 13.2. The molecule has 0 spiro atoms. The molecule has 3 aliphatic rings. The fourth-order valence-corrected chi connectivity index (χ4v) is 4.84. The highest BCUT2D eigenvalue weighted by Gasteiger charge is 2.45. The van der Waals surface area contributed by atoms with E-state index in [-0.39, 0.29) is 11.3 Å². The number of carbonyl (C=O) groups is 2. The topological polar surface area (TPSA) is 88.5 Å². The smallest absolute Gasteiger partial charge is 0.295 e. The molecule has 1 amide bonds. The molecule has 3 aliphatic heterocycles. The number of aliphatic hydroxyl groups excluding tert-OH is 1. The van der Waals surface area contributed by atoms with Crippen LogP contribution in [0, 0.1) is 6.92 Å². The lowest BCUT2D eigenvalue weighted by Gasteiger charge is -2.29. The van der Waals surface area contributed by atoms with Gasteiger partial charge in [-0.2, -0.15) is 0 Å². The number of rotatable bonds is 6. The van der Waals surface area contributed by atoms with Crippen LogP contribution in [0.1, 0.15) is 29.2 Å². The highest BCUT2D eigenvalue weighted by molar-refractivity contribution is 6.46. The third kappa shape index (κ3) is 4.76. The van der Waals surface area contributed by atoms with E-state index in [1.165, 1.54) is 0 Å². The van der Waals surface area contributed by atoms with E-state index in [0.29, 0.717) is 50.0 Å². The number of carbonyl (C=O) groups excluding carboxylic acids is 2. The molecule has 1 atom stereocenters. The zero-order valence-corrected chi connectivity index (χ0v) is 19.9. The van der Waals surface area contributed by atoms with E-state index in [1.54, 1.807) is 23.1 Å². The molecule has 184 valence electrons. The minimum atomic E-state index is -0.672. The summed E-state index contributed by atoms with van der Waals surface area (Å²) in [6.07, 6.45) is 0.722. The lowest BCUT2D eigenvalue weighted by atomic mass is 9.94. The number of nitrogens with zero attached hydrogens (tertiary/aromatic N) is 2. The molecule has 2 fully saturated rings. The van der Waals surface area contributed by atoms with Crippen molar-refractivity contribution in [3.05, 3.63) is 64.7 Å². The molecule has 3 heterocycles. The maximum absolute atomic E-state index is 13.2. The van der Waals surface area contributed by atoms with Gasteiger partial charge in [0.05, 0.1) is 24.8 Å². The van der Waals surface area contributed by atoms with Crippen LogP contribution in [0.4, 0.5) is 0 Å². The van der Waals surface area contributed by atoms with Crippen molar-refractivity contribution in [1.82, 2.24) is 9.80 Å². The van der Waals surface area contributed by atoms with Crippen molar-refractivity contribution >= 4 is 17.4 Å². The average Bonchev–Trinajstić information content (AvgIpc) is 3.14. The molecule has 0 bridgehead atoms. The summed E-state index contributed by atoms with van der Waals surface area (Å²) in [5.74, 6) is -0.370. The van der Waals surface area contributed by atoms with Crippen molar-refractivity contribution in [2.75, 3.05) is 52.6 Å². The van der Waals surface area contributed by atoms with Gasteiger partial charge in [-0.1, -0.05) is 29.8 Å². The first-order chi connectivity index (χ1) is 17.0. The van der Waals surface area contributed by atoms with Crippen molar-refractivity contribution in [3.63, 3.8) is 0 Å². The standard InChI is InChI=1S/C27H30N2O6/c1-18-3-5-19(6-4-18)24-23(25(30)20-7-8-21-22(17-20)35-16-15-34-21)26(31)27(32)29(24)10-2-9-28-11-13-33-14-12-28/h3-8,17,24,30H,2,9-16H2,1H3/b25-23+/t24-/m0/s1. The molecule has 2 saturated heterocycles. The third-order valence-electron chi connectivity index (χ3n) is 6.73. The van der Waals surface area contributed by atoms with Crippen LogP contribution in [0.15, 0.2) is 48.0 Å². The number of aryl methyl sites for hydroxylation is 1. The monoisotopic (exact) mass is 478 g/mol. The zero-order valence-electron chi connectivity index (χ0n) is 19.9. The minimum Gasteiger partial charge on any atom is -0.507 e. The lowest BCUT2D eigenvalue weighted by molar-refractivity contribution is -0.140. The van der Waals surface area contributed by atoms with Crippen LogP contribution in [0.2, 0.25) is 0 Å². The van der Waals surface area contributed by atoms with Crippen LogP contribution < -0.4 is 9.47 Å². The van der Waals surface area contributed by atoms with Gasteiger partial charge in [0.15, 0.2) is 11.5 Å². The molecule has 0 saturated carbocycles. The molecule has 2 aromatic rings. The predicted octanol–water partition coefficient (Wildman–Crippen LogP) is 2.91. The number of Topliss-reactive ketones (excluding diaryl/α,β-unsaturated/α-hetero) is 1. The quantitative estimate of drug-likeness (QED) is 0.388. The van der Waals surface area contributed by atoms with Crippen LogP contribution in [-0.4, -0.2) is 79.2 Å². The molecule has 2 aromatic carbocycles. The van der Waals surface area contributed by atoms with Gasteiger partial charge in [-0.15, -0.1) is 0 Å². The van der Waals surface area contributed by atoms with Gasteiger partial charge in [0.2, 0.25) is 0 Å². The van der Waals surface area contributed by atoms with Crippen LogP contribution in [0.25, 0.3) is 5.76 Å². The van der Waals surface area contributed by atoms with Crippen LogP contribution in [0.3, 0.4) is 0 Å². The number of benzene rings is 2. The number of morpholine rings is 1. The predicted molar refractivity (Wildman–Crippen MR) is 129 cm³/mol. The molecule has 0 unspecified atom stereocenters. The van der Waals surface area contributed by atoms with Crippen LogP contribution >= 0.6 is 0 Å². The van der Waals surface area contributed by atoms with Crippen molar-refractivity contribution in [2.24, 2.45) is 0 Å². The fraction of sp³-hybridized carbons (Fsp3) is 0.407. The molecular weight excluding hydrogens is 448 g/mol. The first-order valence-electron chi connectivity index (χ1n) is 12.1. The van der Waals surface area contributed by atoms with Gasteiger partial charge in [-0.3, -0.25) is 14.5 Å². The minimum absolute atomic E-state index is 0.0990. The summed E-state index contributed by atoms with van der Waals surface area (Å²) >= 11 is 0. The summed E-state index contributed by atoms with van der Waals surface area (Å²) in [6.45, 7) is 7.24. The number of hydrogen-bond donors (Lipinski definition) is 1. The Kier molecular flexibility index (Phi) is 6.74. The Balaban J connectivity index is 1.48. The molecular formula is C27H30N2O6. The number of fused-ring (bicyclic) bond motifs is 1. The summed E-state index contributed by atoms with van der Waals surface area (Å²) in [5, 5.41) is 11.3. The molecule has 35 heavy (non-hydrogen) atoms. The number of ketones is 1. The Morgan fingerprint density at radius 1 is 0.943 bits per heavy atom. The molecule has 0 radical (unpaired) electrons. The first-order valence-corrected chi connectivity index (χ1v) is 12.1. The van der Waals surface area contributed by atoms with Crippen molar-refractivity contribution in [2.45, 2.75) is 19.4 Å². The number of ether oxygens (including phenoxy) is 3. The van der Waals surface area contributed by atoms with Crippen molar-refractivity contribution < 1.29 is 28.9 Å². The van der Waals surface area contributed by atoms with Crippen LogP contribution in [0.5, 0.6) is 11.5 Å².